The number of imidazole rings is 1. The molecule has 1 unspecified atom stereocenters. The molecule has 0 saturated carbocycles. The van der Waals surface area contributed by atoms with Crippen molar-refractivity contribution in [2.45, 2.75) is 19.5 Å². The quantitative estimate of drug-likeness (QED) is 0.749. The Hall–Kier alpha value is -2.34. The molecule has 0 bridgehead atoms. The van der Waals surface area contributed by atoms with Crippen LogP contribution in [0.3, 0.4) is 0 Å². The summed E-state index contributed by atoms with van der Waals surface area (Å²) in [5.41, 5.74) is 6.92. The third-order valence-corrected chi connectivity index (χ3v) is 3.06. The number of hydrogen-bond donors (Lipinski definition) is 3. The molecule has 6 heteroatoms. The number of benzene rings is 1. The SMILES string of the molecule is CC(NCCn1ccnc1)c1ccc(NC(N)=O)cc1. The van der Waals surface area contributed by atoms with E-state index in [4.69, 9.17) is 5.73 Å². The summed E-state index contributed by atoms with van der Waals surface area (Å²) < 4.78 is 2.03. The molecule has 20 heavy (non-hydrogen) atoms. The number of nitrogens with zero attached hydrogens (tertiary/aromatic N) is 2. The maximum atomic E-state index is 10.7. The van der Waals surface area contributed by atoms with Crippen molar-refractivity contribution in [1.82, 2.24) is 14.9 Å². The molecule has 106 valence electrons. The van der Waals surface area contributed by atoms with E-state index in [1.165, 1.54) is 0 Å². The molecule has 2 rings (SSSR count). The fraction of sp³-hybridized carbons (Fsp3) is 0.286. The second kappa shape index (κ2) is 6.72. The van der Waals surface area contributed by atoms with E-state index in [9.17, 15) is 4.79 Å². The largest absolute Gasteiger partial charge is 0.351 e. The van der Waals surface area contributed by atoms with Crippen LogP contribution in [0.4, 0.5) is 10.5 Å². The standard InChI is InChI=1S/C14H19N5O/c1-11(17-7-9-19-8-6-16-10-19)12-2-4-13(5-3-12)18-14(15)20/h2-6,8,10-11,17H,7,9H2,1H3,(H3,15,18,20). The van der Waals surface area contributed by atoms with Gasteiger partial charge in [0, 0.05) is 37.2 Å². The molecular formula is C14H19N5O. The van der Waals surface area contributed by atoms with E-state index in [0.29, 0.717) is 5.69 Å². The van der Waals surface area contributed by atoms with Crippen molar-refractivity contribution in [3.8, 4) is 0 Å². The van der Waals surface area contributed by atoms with Crippen LogP contribution >= 0.6 is 0 Å². The van der Waals surface area contributed by atoms with Crippen LogP contribution in [0.15, 0.2) is 43.0 Å². The Bertz CT molecular complexity index is 535. The van der Waals surface area contributed by atoms with Gasteiger partial charge >= 0.3 is 6.03 Å². The van der Waals surface area contributed by atoms with Gasteiger partial charge in [0.1, 0.15) is 0 Å². The van der Waals surface area contributed by atoms with Gasteiger partial charge in [-0.2, -0.15) is 0 Å². The summed E-state index contributed by atoms with van der Waals surface area (Å²) in [6.07, 6.45) is 5.52. The van der Waals surface area contributed by atoms with E-state index in [-0.39, 0.29) is 6.04 Å². The number of hydrogen-bond acceptors (Lipinski definition) is 3. The Morgan fingerprint density at radius 1 is 1.40 bits per heavy atom. The topological polar surface area (TPSA) is 85.0 Å². The van der Waals surface area contributed by atoms with Gasteiger partial charge in [0.25, 0.3) is 0 Å². The first-order valence-corrected chi connectivity index (χ1v) is 6.50. The lowest BCUT2D eigenvalue weighted by Gasteiger charge is -2.15. The molecule has 1 atom stereocenters. The minimum absolute atomic E-state index is 0.237. The Labute approximate surface area is 118 Å². The van der Waals surface area contributed by atoms with Gasteiger partial charge in [0.2, 0.25) is 0 Å². The van der Waals surface area contributed by atoms with Crippen molar-refractivity contribution in [3.63, 3.8) is 0 Å². The van der Waals surface area contributed by atoms with Crippen molar-refractivity contribution in [2.24, 2.45) is 5.73 Å². The summed E-state index contributed by atoms with van der Waals surface area (Å²) in [5.74, 6) is 0. The van der Waals surface area contributed by atoms with Crippen LogP contribution in [0.25, 0.3) is 0 Å². The minimum atomic E-state index is -0.552. The highest BCUT2D eigenvalue weighted by atomic mass is 16.2. The van der Waals surface area contributed by atoms with Crippen molar-refractivity contribution in [3.05, 3.63) is 48.5 Å². The molecule has 2 amide bonds. The second-order valence-corrected chi connectivity index (χ2v) is 4.59. The minimum Gasteiger partial charge on any atom is -0.351 e. The lowest BCUT2D eigenvalue weighted by Crippen LogP contribution is -2.23. The first-order chi connectivity index (χ1) is 9.65. The van der Waals surface area contributed by atoms with E-state index in [1.807, 2.05) is 35.0 Å². The molecule has 0 aliphatic carbocycles. The number of carbonyl (C=O) groups excluding carboxylic acids is 1. The number of primary amides is 1. The number of carbonyl (C=O) groups is 1. The summed E-state index contributed by atoms with van der Waals surface area (Å²) in [7, 11) is 0. The number of aromatic nitrogens is 2. The van der Waals surface area contributed by atoms with E-state index in [2.05, 4.69) is 22.5 Å². The molecule has 1 aromatic heterocycles. The van der Waals surface area contributed by atoms with Crippen molar-refractivity contribution in [1.29, 1.82) is 0 Å². The highest BCUT2D eigenvalue weighted by molar-refractivity contribution is 5.87. The Balaban J connectivity index is 1.82. The van der Waals surface area contributed by atoms with Gasteiger partial charge in [-0.3, -0.25) is 0 Å². The van der Waals surface area contributed by atoms with Gasteiger partial charge < -0.3 is 20.9 Å². The van der Waals surface area contributed by atoms with Crippen LogP contribution in [0.1, 0.15) is 18.5 Å². The zero-order valence-corrected chi connectivity index (χ0v) is 11.4. The zero-order valence-electron chi connectivity index (χ0n) is 11.4. The van der Waals surface area contributed by atoms with Crippen LogP contribution in [0.2, 0.25) is 0 Å². The van der Waals surface area contributed by atoms with Crippen LogP contribution in [-0.4, -0.2) is 22.1 Å². The van der Waals surface area contributed by atoms with Crippen LogP contribution in [0.5, 0.6) is 0 Å². The fourth-order valence-corrected chi connectivity index (χ4v) is 1.94. The number of amides is 2. The van der Waals surface area contributed by atoms with Crippen LogP contribution < -0.4 is 16.4 Å². The predicted molar refractivity (Wildman–Crippen MR) is 78.3 cm³/mol. The third kappa shape index (κ3) is 4.10. The molecular weight excluding hydrogens is 254 g/mol. The maximum absolute atomic E-state index is 10.7. The maximum Gasteiger partial charge on any atom is 0.316 e. The first-order valence-electron chi connectivity index (χ1n) is 6.50. The lowest BCUT2D eigenvalue weighted by atomic mass is 10.1. The first kappa shape index (κ1) is 14.1. The summed E-state index contributed by atoms with van der Waals surface area (Å²) >= 11 is 0. The number of nitrogens with two attached hydrogens (primary N) is 1. The fourth-order valence-electron chi connectivity index (χ4n) is 1.94. The van der Waals surface area contributed by atoms with E-state index in [0.717, 1.165) is 18.7 Å². The smallest absolute Gasteiger partial charge is 0.316 e. The Morgan fingerprint density at radius 2 is 2.15 bits per heavy atom. The zero-order chi connectivity index (χ0) is 14.4. The van der Waals surface area contributed by atoms with E-state index < -0.39 is 6.03 Å². The van der Waals surface area contributed by atoms with Crippen molar-refractivity contribution < 1.29 is 4.79 Å². The summed E-state index contributed by atoms with van der Waals surface area (Å²) in [5, 5.41) is 5.98. The summed E-state index contributed by atoms with van der Waals surface area (Å²) in [4.78, 5) is 14.7. The van der Waals surface area contributed by atoms with Crippen molar-refractivity contribution >= 4 is 11.7 Å². The molecule has 0 fully saturated rings. The molecule has 6 nitrogen and oxygen atoms in total. The molecule has 2 aromatic rings. The molecule has 4 N–H and O–H groups in total. The predicted octanol–water partition coefficient (Wildman–Crippen LogP) is 1.72. The van der Waals surface area contributed by atoms with Gasteiger partial charge in [-0.25, -0.2) is 9.78 Å². The molecule has 1 aromatic carbocycles. The van der Waals surface area contributed by atoms with E-state index in [1.54, 1.807) is 12.5 Å². The lowest BCUT2D eigenvalue weighted by molar-refractivity contribution is 0.259. The average Bonchev–Trinajstić information content (AvgIpc) is 2.92. The Morgan fingerprint density at radius 3 is 2.75 bits per heavy atom. The monoisotopic (exact) mass is 273 g/mol. The number of rotatable bonds is 6. The molecule has 0 aliphatic heterocycles. The number of urea groups is 1. The molecule has 0 saturated heterocycles. The van der Waals surface area contributed by atoms with Crippen LogP contribution in [0, 0.1) is 0 Å². The van der Waals surface area contributed by atoms with Crippen molar-refractivity contribution in [2.75, 3.05) is 11.9 Å². The Kier molecular flexibility index (Phi) is 4.73. The second-order valence-electron chi connectivity index (χ2n) is 4.59. The average molecular weight is 273 g/mol. The highest BCUT2D eigenvalue weighted by Gasteiger charge is 2.04. The summed E-state index contributed by atoms with van der Waals surface area (Å²) in [6, 6.07) is 7.31. The van der Waals surface area contributed by atoms with Gasteiger partial charge in [-0.15, -0.1) is 0 Å². The van der Waals surface area contributed by atoms with Gasteiger partial charge in [0.15, 0.2) is 0 Å². The molecule has 0 spiro atoms. The van der Waals surface area contributed by atoms with E-state index >= 15 is 0 Å². The van der Waals surface area contributed by atoms with Gasteiger partial charge in [-0.05, 0) is 24.6 Å². The third-order valence-electron chi connectivity index (χ3n) is 3.06. The molecule has 0 aliphatic rings. The highest BCUT2D eigenvalue weighted by Crippen LogP contribution is 2.15. The van der Waals surface area contributed by atoms with Crippen LogP contribution in [-0.2, 0) is 6.54 Å². The molecule has 1 heterocycles. The number of anilines is 1. The van der Waals surface area contributed by atoms with Gasteiger partial charge in [0.05, 0.1) is 6.33 Å². The summed E-state index contributed by atoms with van der Waals surface area (Å²) in [6.45, 7) is 3.84. The normalized spacial score (nSPS) is 12.1. The number of nitrogens with one attached hydrogen (secondary N) is 2. The molecule has 0 radical (unpaired) electrons. The van der Waals surface area contributed by atoms with Gasteiger partial charge in [-0.1, -0.05) is 12.1 Å².